The fraction of sp³-hybridized carbons (Fsp3) is 0.227. The first kappa shape index (κ1) is 20.7. The molecule has 0 bridgehead atoms. The zero-order valence-electron chi connectivity index (χ0n) is 16.7. The van der Waals surface area contributed by atoms with E-state index in [2.05, 4.69) is 5.32 Å². The quantitative estimate of drug-likeness (QED) is 0.640. The second-order valence-corrected chi connectivity index (χ2v) is 8.90. The Morgan fingerprint density at radius 1 is 1.03 bits per heavy atom. The van der Waals surface area contributed by atoms with E-state index >= 15 is 0 Å². The van der Waals surface area contributed by atoms with Crippen molar-refractivity contribution in [1.82, 2.24) is 5.32 Å². The SMILES string of the molecule is Cc1ccc(N(Cc2ccc(C(=O)NCc3ccco3)cc2)S(C)(=O)=O)cc1C. The summed E-state index contributed by atoms with van der Waals surface area (Å²) in [6.45, 7) is 4.44. The van der Waals surface area contributed by atoms with Gasteiger partial charge in [-0.1, -0.05) is 18.2 Å². The number of hydrogen-bond acceptors (Lipinski definition) is 4. The Bertz CT molecular complexity index is 1090. The Kier molecular flexibility index (Phi) is 6.08. The van der Waals surface area contributed by atoms with Crippen LogP contribution in [0.5, 0.6) is 0 Å². The van der Waals surface area contributed by atoms with E-state index in [1.165, 1.54) is 10.6 Å². The van der Waals surface area contributed by atoms with Gasteiger partial charge >= 0.3 is 0 Å². The first-order chi connectivity index (χ1) is 13.7. The lowest BCUT2D eigenvalue weighted by Gasteiger charge is -2.23. The molecule has 152 valence electrons. The number of carbonyl (C=O) groups is 1. The largest absolute Gasteiger partial charge is 0.467 e. The number of sulfonamides is 1. The van der Waals surface area contributed by atoms with Crippen LogP contribution in [0.2, 0.25) is 0 Å². The number of aryl methyl sites for hydroxylation is 2. The van der Waals surface area contributed by atoms with Crippen molar-refractivity contribution >= 4 is 21.6 Å². The van der Waals surface area contributed by atoms with Gasteiger partial charge in [-0.2, -0.15) is 0 Å². The van der Waals surface area contributed by atoms with E-state index in [1.54, 1.807) is 48.7 Å². The summed E-state index contributed by atoms with van der Waals surface area (Å²) in [6, 6.07) is 16.0. The molecule has 0 saturated heterocycles. The molecule has 2 aromatic carbocycles. The third-order valence-electron chi connectivity index (χ3n) is 4.72. The molecule has 1 heterocycles. The molecule has 1 aromatic heterocycles. The Hall–Kier alpha value is -3.06. The third kappa shape index (κ3) is 5.26. The van der Waals surface area contributed by atoms with Crippen molar-refractivity contribution in [3.63, 3.8) is 0 Å². The van der Waals surface area contributed by atoms with Crippen molar-refractivity contribution in [2.75, 3.05) is 10.6 Å². The summed E-state index contributed by atoms with van der Waals surface area (Å²) in [5, 5.41) is 2.78. The highest BCUT2D eigenvalue weighted by atomic mass is 32.2. The van der Waals surface area contributed by atoms with Gasteiger partial charge in [0.1, 0.15) is 5.76 Å². The van der Waals surface area contributed by atoms with E-state index in [1.807, 2.05) is 26.0 Å². The molecule has 6 nitrogen and oxygen atoms in total. The first-order valence-electron chi connectivity index (χ1n) is 9.18. The van der Waals surface area contributed by atoms with E-state index in [4.69, 9.17) is 4.42 Å². The van der Waals surface area contributed by atoms with Gasteiger partial charge in [-0.15, -0.1) is 0 Å². The van der Waals surface area contributed by atoms with Crippen LogP contribution in [0.25, 0.3) is 0 Å². The average molecular weight is 413 g/mol. The van der Waals surface area contributed by atoms with Gasteiger partial charge in [0.15, 0.2) is 0 Å². The highest BCUT2D eigenvalue weighted by molar-refractivity contribution is 7.92. The van der Waals surface area contributed by atoms with Gasteiger partial charge in [0.25, 0.3) is 5.91 Å². The first-order valence-corrected chi connectivity index (χ1v) is 11.0. The molecule has 0 atom stereocenters. The Labute approximate surface area is 171 Å². The molecule has 7 heteroatoms. The number of anilines is 1. The summed E-state index contributed by atoms with van der Waals surface area (Å²) in [5.41, 5.74) is 4.04. The summed E-state index contributed by atoms with van der Waals surface area (Å²) >= 11 is 0. The van der Waals surface area contributed by atoms with Gasteiger partial charge in [-0.3, -0.25) is 9.10 Å². The van der Waals surface area contributed by atoms with Gasteiger partial charge in [-0.25, -0.2) is 8.42 Å². The van der Waals surface area contributed by atoms with Crippen molar-refractivity contribution in [2.45, 2.75) is 26.9 Å². The molecule has 0 aliphatic carbocycles. The molecule has 3 rings (SSSR count). The van der Waals surface area contributed by atoms with Crippen LogP contribution in [-0.2, 0) is 23.1 Å². The maximum atomic E-state index is 12.4. The number of nitrogens with zero attached hydrogens (tertiary/aromatic N) is 1. The topological polar surface area (TPSA) is 79.6 Å². The molecule has 0 radical (unpaired) electrons. The van der Waals surface area contributed by atoms with Crippen LogP contribution in [0.1, 0.15) is 32.8 Å². The second kappa shape index (κ2) is 8.53. The Morgan fingerprint density at radius 2 is 1.76 bits per heavy atom. The van der Waals surface area contributed by atoms with Gasteiger partial charge in [0.2, 0.25) is 10.0 Å². The van der Waals surface area contributed by atoms with E-state index in [0.717, 1.165) is 16.7 Å². The average Bonchev–Trinajstić information content (AvgIpc) is 3.20. The fourth-order valence-electron chi connectivity index (χ4n) is 2.89. The molecular weight excluding hydrogens is 388 g/mol. The number of furan rings is 1. The van der Waals surface area contributed by atoms with Crippen molar-refractivity contribution in [1.29, 1.82) is 0 Å². The lowest BCUT2D eigenvalue weighted by Crippen LogP contribution is -2.29. The van der Waals surface area contributed by atoms with Crippen molar-refractivity contribution in [2.24, 2.45) is 0 Å². The van der Waals surface area contributed by atoms with Gasteiger partial charge < -0.3 is 9.73 Å². The highest BCUT2D eigenvalue weighted by Gasteiger charge is 2.18. The minimum absolute atomic E-state index is 0.190. The summed E-state index contributed by atoms with van der Waals surface area (Å²) in [6.07, 6.45) is 2.75. The molecule has 29 heavy (non-hydrogen) atoms. The number of rotatable bonds is 7. The van der Waals surface area contributed by atoms with Gasteiger partial charge in [-0.05, 0) is 66.9 Å². The van der Waals surface area contributed by atoms with Crippen molar-refractivity contribution in [3.05, 3.63) is 88.9 Å². The normalized spacial score (nSPS) is 11.3. The molecule has 1 N–H and O–H groups in total. The minimum atomic E-state index is -3.46. The number of amides is 1. The van der Waals surface area contributed by atoms with Crippen LogP contribution in [0.4, 0.5) is 5.69 Å². The molecule has 0 unspecified atom stereocenters. The van der Waals surface area contributed by atoms with E-state index in [-0.39, 0.29) is 12.5 Å². The predicted molar refractivity (Wildman–Crippen MR) is 113 cm³/mol. The van der Waals surface area contributed by atoms with Crippen LogP contribution < -0.4 is 9.62 Å². The van der Waals surface area contributed by atoms with E-state index in [9.17, 15) is 13.2 Å². The zero-order chi connectivity index (χ0) is 21.0. The highest BCUT2D eigenvalue weighted by Crippen LogP contribution is 2.23. The maximum Gasteiger partial charge on any atom is 0.251 e. The molecule has 0 fully saturated rings. The summed E-state index contributed by atoms with van der Waals surface area (Å²) in [7, 11) is -3.46. The summed E-state index contributed by atoms with van der Waals surface area (Å²) in [4.78, 5) is 12.3. The molecule has 1 amide bonds. The fourth-order valence-corrected chi connectivity index (χ4v) is 3.77. The monoisotopic (exact) mass is 412 g/mol. The smallest absolute Gasteiger partial charge is 0.251 e. The molecule has 0 spiro atoms. The lowest BCUT2D eigenvalue weighted by molar-refractivity contribution is 0.0948. The minimum Gasteiger partial charge on any atom is -0.467 e. The van der Waals surface area contributed by atoms with Crippen molar-refractivity contribution in [3.8, 4) is 0 Å². The van der Waals surface area contributed by atoms with Crippen molar-refractivity contribution < 1.29 is 17.6 Å². The number of benzene rings is 2. The Morgan fingerprint density at radius 3 is 2.34 bits per heavy atom. The molecule has 0 saturated carbocycles. The molecule has 0 aliphatic rings. The predicted octanol–water partition coefficient (Wildman–Crippen LogP) is 3.79. The molecular formula is C22H24N2O4S. The third-order valence-corrected chi connectivity index (χ3v) is 5.86. The number of carbonyl (C=O) groups excluding carboxylic acids is 1. The van der Waals surface area contributed by atoms with Gasteiger partial charge in [0.05, 0.1) is 31.3 Å². The maximum absolute atomic E-state index is 12.4. The van der Waals surface area contributed by atoms with Gasteiger partial charge in [0, 0.05) is 5.56 Å². The molecule has 3 aromatic rings. The second-order valence-electron chi connectivity index (χ2n) is 7.00. The number of nitrogens with one attached hydrogen (secondary N) is 1. The van der Waals surface area contributed by atoms with Crippen LogP contribution in [0.15, 0.2) is 65.3 Å². The lowest BCUT2D eigenvalue weighted by atomic mass is 10.1. The summed E-state index contributed by atoms with van der Waals surface area (Å²) in [5.74, 6) is 0.453. The standard InChI is InChI=1S/C22H24N2O4S/c1-16-6-11-20(13-17(16)2)24(29(3,26)27)15-18-7-9-19(10-8-18)22(25)23-14-21-5-4-12-28-21/h4-13H,14-15H2,1-3H3,(H,23,25). The van der Waals surface area contributed by atoms with E-state index in [0.29, 0.717) is 23.6 Å². The van der Waals surface area contributed by atoms with Crippen LogP contribution in [0.3, 0.4) is 0 Å². The van der Waals surface area contributed by atoms with E-state index < -0.39 is 10.0 Å². The Balaban J connectivity index is 1.73. The van der Waals surface area contributed by atoms with Crippen LogP contribution in [-0.4, -0.2) is 20.6 Å². The van der Waals surface area contributed by atoms with Crippen LogP contribution in [0, 0.1) is 13.8 Å². The summed E-state index contributed by atoms with van der Waals surface area (Å²) < 4.78 is 31.3. The van der Waals surface area contributed by atoms with Crippen LogP contribution >= 0.6 is 0 Å². The number of hydrogen-bond donors (Lipinski definition) is 1. The zero-order valence-corrected chi connectivity index (χ0v) is 17.5. The molecule has 0 aliphatic heterocycles.